The zero-order valence-corrected chi connectivity index (χ0v) is 15.4. The first-order valence-electron chi connectivity index (χ1n) is 8.05. The SMILES string of the molecule is C=C(Cl)/C=C(\C(=C)F)c1cc(Nc2ccncc2OC)c2ccccc2n1. The number of pyridine rings is 2. The van der Waals surface area contributed by atoms with Gasteiger partial charge >= 0.3 is 0 Å². The van der Waals surface area contributed by atoms with Crippen LogP contribution in [0, 0.1) is 0 Å². The molecule has 4 nitrogen and oxygen atoms in total. The molecule has 0 spiro atoms. The molecule has 0 aliphatic heterocycles. The smallest absolute Gasteiger partial charge is 0.160 e. The zero-order chi connectivity index (χ0) is 19.4. The van der Waals surface area contributed by atoms with Crippen LogP contribution < -0.4 is 10.1 Å². The summed E-state index contributed by atoms with van der Waals surface area (Å²) in [4.78, 5) is 8.59. The average Bonchev–Trinajstić information content (AvgIpc) is 2.66. The number of nitrogens with zero attached hydrogens (tertiary/aromatic N) is 2. The molecule has 136 valence electrons. The Labute approximate surface area is 161 Å². The van der Waals surface area contributed by atoms with Crippen LogP contribution in [0.2, 0.25) is 0 Å². The molecule has 1 N–H and O–H groups in total. The highest BCUT2D eigenvalue weighted by atomic mass is 35.5. The molecule has 0 aliphatic carbocycles. The molecule has 6 heteroatoms. The molecule has 2 aromatic heterocycles. The largest absolute Gasteiger partial charge is 0.493 e. The van der Waals surface area contributed by atoms with Gasteiger partial charge in [-0.25, -0.2) is 9.37 Å². The summed E-state index contributed by atoms with van der Waals surface area (Å²) in [6, 6.07) is 11.1. The Morgan fingerprint density at radius 2 is 2.00 bits per heavy atom. The van der Waals surface area contributed by atoms with E-state index in [0.717, 1.165) is 16.8 Å². The summed E-state index contributed by atoms with van der Waals surface area (Å²) in [6.07, 6.45) is 4.66. The number of aromatic nitrogens is 2. The Hall–Kier alpha value is -3.18. The number of allylic oxidation sites excluding steroid dienone is 4. The van der Waals surface area contributed by atoms with Crippen LogP contribution >= 0.6 is 11.6 Å². The third kappa shape index (κ3) is 4.15. The van der Waals surface area contributed by atoms with Crippen molar-refractivity contribution in [2.24, 2.45) is 0 Å². The summed E-state index contributed by atoms with van der Waals surface area (Å²) in [7, 11) is 1.57. The van der Waals surface area contributed by atoms with Gasteiger partial charge in [-0.1, -0.05) is 43.0 Å². The lowest BCUT2D eigenvalue weighted by Gasteiger charge is -2.15. The number of nitrogens with one attached hydrogen (secondary N) is 1. The molecule has 0 aliphatic rings. The Kier molecular flexibility index (Phi) is 5.52. The molecule has 1 aromatic carbocycles. The van der Waals surface area contributed by atoms with E-state index in [1.807, 2.05) is 24.3 Å². The van der Waals surface area contributed by atoms with Crippen LogP contribution in [-0.2, 0) is 0 Å². The van der Waals surface area contributed by atoms with Gasteiger partial charge in [0.2, 0.25) is 0 Å². The maximum atomic E-state index is 14.0. The first-order chi connectivity index (χ1) is 13.0. The molecular weight excluding hydrogens is 365 g/mol. The molecule has 0 atom stereocenters. The number of anilines is 2. The number of fused-ring (bicyclic) bond motifs is 1. The fourth-order valence-electron chi connectivity index (χ4n) is 2.66. The lowest BCUT2D eigenvalue weighted by Crippen LogP contribution is -1.99. The van der Waals surface area contributed by atoms with Gasteiger partial charge in [0.05, 0.1) is 35.9 Å². The molecule has 0 unspecified atom stereocenters. The molecule has 0 radical (unpaired) electrons. The fourth-order valence-corrected chi connectivity index (χ4v) is 2.76. The highest BCUT2D eigenvalue weighted by Crippen LogP contribution is 2.34. The van der Waals surface area contributed by atoms with Crippen LogP contribution in [0.1, 0.15) is 5.69 Å². The second kappa shape index (κ2) is 8.01. The topological polar surface area (TPSA) is 47.0 Å². The monoisotopic (exact) mass is 381 g/mol. The molecular formula is C21H17ClFN3O. The summed E-state index contributed by atoms with van der Waals surface area (Å²) in [5.74, 6) is -0.0632. The summed E-state index contributed by atoms with van der Waals surface area (Å²) < 4.78 is 19.4. The molecule has 3 aromatic rings. The van der Waals surface area contributed by atoms with Crippen LogP contribution in [0.15, 0.2) is 78.9 Å². The number of ether oxygens (including phenoxy) is 1. The van der Waals surface area contributed by atoms with Crippen LogP contribution in [-0.4, -0.2) is 17.1 Å². The number of halogens is 2. The third-order valence-electron chi connectivity index (χ3n) is 3.86. The molecule has 2 heterocycles. The van der Waals surface area contributed by atoms with Crippen molar-refractivity contribution in [1.82, 2.24) is 9.97 Å². The van der Waals surface area contributed by atoms with Gasteiger partial charge in [0.15, 0.2) is 5.75 Å². The van der Waals surface area contributed by atoms with E-state index in [1.54, 1.807) is 31.6 Å². The van der Waals surface area contributed by atoms with Gasteiger partial charge in [-0.05, 0) is 24.3 Å². The number of rotatable bonds is 6. The highest BCUT2D eigenvalue weighted by Gasteiger charge is 2.13. The Bertz CT molecular complexity index is 1060. The maximum Gasteiger partial charge on any atom is 0.160 e. The minimum absolute atomic E-state index is 0.172. The van der Waals surface area contributed by atoms with Crippen LogP contribution in [0.3, 0.4) is 0 Å². The maximum absolute atomic E-state index is 14.0. The van der Waals surface area contributed by atoms with Gasteiger partial charge in [0.1, 0.15) is 5.83 Å². The lowest BCUT2D eigenvalue weighted by atomic mass is 10.1. The third-order valence-corrected chi connectivity index (χ3v) is 3.97. The number of hydrogen-bond donors (Lipinski definition) is 1. The molecule has 3 rings (SSSR count). The van der Waals surface area contributed by atoms with Crippen molar-refractivity contribution < 1.29 is 9.13 Å². The van der Waals surface area contributed by atoms with Crippen LogP contribution in [0.5, 0.6) is 5.75 Å². The van der Waals surface area contributed by atoms with Gasteiger partial charge in [-0.3, -0.25) is 4.98 Å². The van der Waals surface area contributed by atoms with Crippen molar-refractivity contribution in [1.29, 1.82) is 0 Å². The normalized spacial score (nSPS) is 11.3. The van der Waals surface area contributed by atoms with Crippen molar-refractivity contribution in [3.05, 3.63) is 84.6 Å². The van der Waals surface area contributed by atoms with Crippen molar-refractivity contribution in [2.75, 3.05) is 12.4 Å². The molecule has 27 heavy (non-hydrogen) atoms. The van der Waals surface area contributed by atoms with Crippen LogP contribution in [0.25, 0.3) is 16.5 Å². The molecule has 0 fully saturated rings. The molecule has 0 saturated carbocycles. The summed E-state index contributed by atoms with van der Waals surface area (Å²) >= 11 is 5.85. The molecule has 0 saturated heterocycles. The first kappa shape index (κ1) is 18.6. The van der Waals surface area contributed by atoms with Crippen molar-refractivity contribution in [3.63, 3.8) is 0 Å². The minimum Gasteiger partial charge on any atom is -0.493 e. The van der Waals surface area contributed by atoms with Gasteiger partial charge in [-0.15, -0.1) is 0 Å². The predicted octanol–water partition coefficient (Wildman–Crippen LogP) is 6.00. The number of benzene rings is 1. The first-order valence-corrected chi connectivity index (χ1v) is 8.43. The Balaban J connectivity index is 2.19. The highest BCUT2D eigenvalue weighted by molar-refractivity contribution is 6.31. The van der Waals surface area contributed by atoms with E-state index in [2.05, 4.69) is 28.4 Å². The number of methoxy groups -OCH3 is 1. The summed E-state index contributed by atoms with van der Waals surface area (Å²) in [5.41, 5.74) is 2.70. The molecule has 0 amide bonds. The van der Waals surface area contributed by atoms with Crippen molar-refractivity contribution in [2.45, 2.75) is 0 Å². The second-order valence-electron chi connectivity index (χ2n) is 5.68. The van der Waals surface area contributed by atoms with Crippen molar-refractivity contribution in [3.8, 4) is 5.75 Å². The predicted molar refractivity (Wildman–Crippen MR) is 109 cm³/mol. The van der Waals surface area contributed by atoms with Crippen molar-refractivity contribution >= 4 is 39.5 Å². The van der Waals surface area contributed by atoms with Gasteiger partial charge in [0, 0.05) is 22.2 Å². The van der Waals surface area contributed by atoms with Crippen LogP contribution in [0.4, 0.5) is 15.8 Å². The van der Waals surface area contributed by atoms with E-state index >= 15 is 0 Å². The van der Waals surface area contributed by atoms with Gasteiger partial charge in [0.25, 0.3) is 0 Å². The summed E-state index contributed by atoms with van der Waals surface area (Å²) in [5, 5.41) is 4.37. The Morgan fingerprint density at radius 3 is 2.70 bits per heavy atom. The fraction of sp³-hybridized carbons (Fsp3) is 0.0476. The number of para-hydroxylation sites is 1. The standard InChI is InChI=1S/C21H17ClFN3O/c1-13(22)10-16(14(2)23)20-11-19(15-6-4-5-7-17(15)25-20)26-18-8-9-24-12-21(18)27-3/h4-12H,1-2H2,3H3,(H,24,25,26)/b16-10+. The summed E-state index contributed by atoms with van der Waals surface area (Å²) in [6.45, 7) is 6.98. The lowest BCUT2D eigenvalue weighted by molar-refractivity contribution is 0.415. The van der Waals surface area contributed by atoms with E-state index in [4.69, 9.17) is 16.3 Å². The average molecular weight is 382 g/mol. The second-order valence-corrected chi connectivity index (χ2v) is 6.17. The van der Waals surface area contributed by atoms with Gasteiger partial charge < -0.3 is 10.1 Å². The molecule has 0 bridgehead atoms. The number of hydrogen-bond acceptors (Lipinski definition) is 4. The van der Waals surface area contributed by atoms with E-state index in [-0.39, 0.29) is 10.6 Å². The Morgan fingerprint density at radius 1 is 1.22 bits per heavy atom. The van der Waals surface area contributed by atoms with Gasteiger partial charge in [-0.2, -0.15) is 0 Å². The van der Waals surface area contributed by atoms with E-state index in [1.165, 1.54) is 6.08 Å². The van der Waals surface area contributed by atoms with E-state index in [0.29, 0.717) is 17.0 Å². The quantitative estimate of drug-likeness (QED) is 0.532. The minimum atomic E-state index is -0.646. The van der Waals surface area contributed by atoms with E-state index in [9.17, 15) is 4.39 Å². The van der Waals surface area contributed by atoms with E-state index < -0.39 is 5.83 Å². The zero-order valence-electron chi connectivity index (χ0n) is 14.7.